The number of pyridine rings is 1. The zero-order valence-electron chi connectivity index (χ0n) is 14.2. The lowest BCUT2D eigenvalue weighted by molar-refractivity contribution is 0.0935. The van der Waals surface area contributed by atoms with Crippen LogP contribution in [-0.4, -0.2) is 17.5 Å². The minimum Gasteiger partial charge on any atom is -0.494 e. The van der Waals surface area contributed by atoms with E-state index in [4.69, 9.17) is 4.74 Å². The molecule has 0 aliphatic rings. The van der Waals surface area contributed by atoms with Gasteiger partial charge in [-0.05, 0) is 43.7 Å². The van der Waals surface area contributed by atoms with Gasteiger partial charge in [-0.3, -0.25) is 9.59 Å². The third-order valence-corrected chi connectivity index (χ3v) is 4.00. The molecule has 3 aromatic rings. The van der Waals surface area contributed by atoms with Gasteiger partial charge in [0, 0.05) is 17.0 Å². The van der Waals surface area contributed by atoms with Crippen molar-refractivity contribution < 1.29 is 9.53 Å². The molecule has 1 heterocycles. The Morgan fingerprint density at radius 2 is 1.96 bits per heavy atom. The van der Waals surface area contributed by atoms with Crippen LogP contribution in [0.15, 0.2) is 59.4 Å². The molecule has 0 aliphatic heterocycles. The number of nitrogens with one attached hydrogen (secondary N) is 2. The summed E-state index contributed by atoms with van der Waals surface area (Å²) in [6.45, 7) is 4.40. The second kappa shape index (κ2) is 7.21. The second-order valence-electron chi connectivity index (χ2n) is 5.79. The molecule has 0 saturated heterocycles. The Bertz CT molecular complexity index is 962. The molecule has 1 aromatic heterocycles. The van der Waals surface area contributed by atoms with Crippen molar-refractivity contribution >= 4 is 16.8 Å². The number of aromatic nitrogens is 1. The zero-order chi connectivity index (χ0) is 17.8. The molecule has 1 amide bonds. The van der Waals surface area contributed by atoms with Gasteiger partial charge in [0.25, 0.3) is 5.91 Å². The SMILES string of the molecule is CCOc1cccc([C@@H](C)NC(=O)c2cc(=O)c3ccccc3[nH]2)c1. The largest absolute Gasteiger partial charge is 0.494 e. The molecule has 0 saturated carbocycles. The second-order valence-corrected chi connectivity index (χ2v) is 5.79. The molecule has 5 nitrogen and oxygen atoms in total. The summed E-state index contributed by atoms with van der Waals surface area (Å²) in [5.74, 6) is 0.442. The normalized spacial score (nSPS) is 11.9. The smallest absolute Gasteiger partial charge is 0.268 e. The van der Waals surface area contributed by atoms with E-state index >= 15 is 0 Å². The summed E-state index contributed by atoms with van der Waals surface area (Å²) in [5, 5.41) is 3.48. The maximum Gasteiger partial charge on any atom is 0.268 e. The van der Waals surface area contributed by atoms with Crippen LogP contribution in [0.5, 0.6) is 5.75 Å². The van der Waals surface area contributed by atoms with E-state index in [1.165, 1.54) is 6.07 Å². The highest BCUT2D eigenvalue weighted by atomic mass is 16.5. The van der Waals surface area contributed by atoms with Crippen molar-refractivity contribution in [3.8, 4) is 5.75 Å². The van der Waals surface area contributed by atoms with Crippen molar-refractivity contribution in [3.63, 3.8) is 0 Å². The Labute approximate surface area is 145 Å². The van der Waals surface area contributed by atoms with Gasteiger partial charge in [0.05, 0.1) is 12.6 Å². The summed E-state index contributed by atoms with van der Waals surface area (Å²) in [5.41, 5.74) is 1.65. The maximum atomic E-state index is 12.5. The Hall–Kier alpha value is -3.08. The molecule has 1 atom stereocenters. The lowest BCUT2D eigenvalue weighted by Gasteiger charge is -2.15. The molecule has 0 aliphatic carbocycles. The standard InChI is InChI=1S/C20H20N2O3/c1-3-25-15-8-6-7-14(11-15)13(2)21-20(24)18-12-19(23)16-9-4-5-10-17(16)22-18/h4-13H,3H2,1-2H3,(H,21,24)(H,22,23)/t13-/m1/s1. The molecule has 0 radical (unpaired) electrons. The van der Waals surface area contributed by atoms with Crippen LogP contribution in [0.2, 0.25) is 0 Å². The Kier molecular flexibility index (Phi) is 4.84. The molecule has 3 rings (SSSR count). The molecule has 0 fully saturated rings. The summed E-state index contributed by atoms with van der Waals surface area (Å²) in [6, 6.07) is 15.8. The fourth-order valence-corrected chi connectivity index (χ4v) is 2.72. The third-order valence-electron chi connectivity index (χ3n) is 4.00. The van der Waals surface area contributed by atoms with E-state index in [1.54, 1.807) is 18.2 Å². The molecule has 0 unspecified atom stereocenters. The number of aromatic amines is 1. The van der Waals surface area contributed by atoms with E-state index in [1.807, 2.05) is 44.2 Å². The van der Waals surface area contributed by atoms with Gasteiger partial charge in [-0.15, -0.1) is 0 Å². The predicted molar refractivity (Wildman–Crippen MR) is 98.1 cm³/mol. The average molecular weight is 336 g/mol. The summed E-state index contributed by atoms with van der Waals surface area (Å²) < 4.78 is 5.49. The quantitative estimate of drug-likeness (QED) is 0.750. The number of benzene rings is 2. The molecular weight excluding hydrogens is 316 g/mol. The van der Waals surface area contributed by atoms with E-state index in [2.05, 4.69) is 10.3 Å². The third kappa shape index (κ3) is 3.71. The lowest BCUT2D eigenvalue weighted by atomic mass is 10.1. The van der Waals surface area contributed by atoms with Gasteiger partial charge in [-0.2, -0.15) is 0 Å². The van der Waals surface area contributed by atoms with Crippen molar-refractivity contribution in [2.24, 2.45) is 0 Å². The molecule has 2 aromatic carbocycles. The minimum absolute atomic E-state index is 0.175. The molecule has 128 valence electrons. The van der Waals surface area contributed by atoms with Crippen LogP contribution >= 0.6 is 0 Å². The van der Waals surface area contributed by atoms with E-state index in [-0.39, 0.29) is 23.1 Å². The molecule has 0 bridgehead atoms. The molecular formula is C20H20N2O3. The summed E-state index contributed by atoms with van der Waals surface area (Å²) in [6.07, 6.45) is 0. The number of rotatable bonds is 5. The first kappa shape index (κ1) is 16.8. The van der Waals surface area contributed by atoms with Gasteiger partial charge < -0.3 is 15.0 Å². The number of fused-ring (bicyclic) bond motifs is 1. The molecule has 5 heteroatoms. The summed E-state index contributed by atoms with van der Waals surface area (Å²) in [4.78, 5) is 27.7. The van der Waals surface area contributed by atoms with Crippen LogP contribution in [-0.2, 0) is 0 Å². The Morgan fingerprint density at radius 3 is 2.76 bits per heavy atom. The topological polar surface area (TPSA) is 71.2 Å². The predicted octanol–water partition coefficient (Wildman–Crippen LogP) is 3.42. The van der Waals surface area contributed by atoms with Crippen LogP contribution < -0.4 is 15.5 Å². The number of para-hydroxylation sites is 1. The number of amides is 1. The van der Waals surface area contributed by atoms with Gasteiger partial charge in [-0.1, -0.05) is 24.3 Å². The number of hydrogen-bond acceptors (Lipinski definition) is 3. The Balaban J connectivity index is 1.82. The number of hydrogen-bond donors (Lipinski definition) is 2. The van der Waals surface area contributed by atoms with Gasteiger partial charge >= 0.3 is 0 Å². The van der Waals surface area contributed by atoms with Crippen LogP contribution in [0.25, 0.3) is 10.9 Å². The average Bonchev–Trinajstić information content (AvgIpc) is 2.62. The minimum atomic E-state index is -0.322. The Morgan fingerprint density at radius 1 is 1.16 bits per heavy atom. The highest BCUT2D eigenvalue weighted by Gasteiger charge is 2.14. The fourth-order valence-electron chi connectivity index (χ4n) is 2.72. The number of carbonyl (C=O) groups is 1. The van der Waals surface area contributed by atoms with Gasteiger partial charge in [0.1, 0.15) is 11.4 Å². The first-order valence-electron chi connectivity index (χ1n) is 8.24. The van der Waals surface area contributed by atoms with E-state index < -0.39 is 0 Å². The van der Waals surface area contributed by atoms with E-state index in [0.717, 1.165) is 11.3 Å². The van der Waals surface area contributed by atoms with Crippen LogP contribution in [0.4, 0.5) is 0 Å². The van der Waals surface area contributed by atoms with Crippen LogP contribution in [0.3, 0.4) is 0 Å². The van der Waals surface area contributed by atoms with Crippen LogP contribution in [0, 0.1) is 0 Å². The number of carbonyl (C=O) groups excluding carboxylic acids is 1. The van der Waals surface area contributed by atoms with Crippen molar-refractivity contribution in [2.45, 2.75) is 19.9 Å². The highest BCUT2D eigenvalue weighted by Crippen LogP contribution is 2.19. The first-order chi connectivity index (χ1) is 12.1. The molecule has 0 spiro atoms. The number of H-pyrrole nitrogens is 1. The van der Waals surface area contributed by atoms with Crippen molar-refractivity contribution in [3.05, 3.63) is 76.1 Å². The van der Waals surface area contributed by atoms with Crippen molar-refractivity contribution in [2.75, 3.05) is 6.61 Å². The van der Waals surface area contributed by atoms with Crippen molar-refractivity contribution in [1.29, 1.82) is 0 Å². The van der Waals surface area contributed by atoms with Crippen molar-refractivity contribution in [1.82, 2.24) is 10.3 Å². The zero-order valence-corrected chi connectivity index (χ0v) is 14.2. The fraction of sp³-hybridized carbons (Fsp3) is 0.200. The summed E-state index contributed by atoms with van der Waals surface area (Å²) in [7, 11) is 0. The highest BCUT2D eigenvalue weighted by molar-refractivity contribution is 5.95. The van der Waals surface area contributed by atoms with Gasteiger partial charge in [0.2, 0.25) is 0 Å². The number of ether oxygens (including phenoxy) is 1. The molecule has 25 heavy (non-hydrogen) atoms. The van der Waals surface area contributed by atoms with E-state index in [0.29, 0.717) is 17.5 Å². The first-order valence-corrected chi connectivity index (χ1v) is 8.24. The lowest BCUT2D eigenvalue weighted by Crippen LogP contribution is -2.28. The van der Waals surface area contributed by atoms with Gasteiger partial charge in [-0.25, -0.2) is 0 Å². The molecule has 2 N–H and O–H groups in total. The van der Waals surface area contributed by atoms with Crippen LogP contribution in [0.1, 0.15) is 35.9 Å². The summed E-state index contributed by atoms with van der Waals surface area (Å²) >= 11 is 0. The maximum absolute atomic E-state index is 12.5. The monoisotopic (exact) mass is 336 g/mol. The van der Waals surface area contributed by atoms with Gasteiger partial charge in [0.15, 0.2) is 5.43 Å². The van der Waals surface area contributed by atoms with E-state index in [9.17, 15) is 9.59 Å².